The van der Waals surface area contributed by atoms with Gasteiger partial charge in [0.05, 0.1) is 5.75 Å². The van der Waals surface area contributed by atoms with Crippen molar-refractivity contribution in [1.82, 2.24) is 15.2 Å². The predicted octanol–water partition coefficient (Wildman–Crippen LogP) is 4.69. The topological polar surface area (TPSA) is 58.6 Å². The number of nitrogens with one attached hydrogen (secondary N) is 1. The summed E-state index contributed by atoms with van der Waals surface area (Å²) in [6.07, 6.45) is 1.02. The molecule has 0 atom stereocenters. The summed E-state index contributed by atoms with van der Waals surface area (Å²) in [6.45, 7) is 6.14. The molecule has 1 aromatic carbocycles. The van der Waals surface area contributed by atoms with E-state index in [0.29, 0.717) is 10.9 Å². The summed E-state index contributed by atoms with van der Waals surface area (Å²) >= 11 is 3.02. The first kappa shape index (κ1) is 16.9. The Kier molecular flexibility index (Phi) is 5.16. The highest BCUT2D eigenvalue weighted by molar-refractivity contribution is 7.99. The van der Waals surface area contributed by atoms with E-state index in [4.69, 9.17) is 0 Å². The summed E-state index contributed by atoms with van der Waals surface area (Å²) in [5.74, 6) is 1.21. The number of benzene rings is 1. The summed E-state index contributed by atoms with van der Waals surface area (Å²) in [7, 11) is 0. The van der Waals surface area contributed by atoms with Gasteiger partial charge in [-0.2, -0.15) is 0 Å². The second-order valence-electron chi connectivity index (χ2n) is 5.56. The average molecular weight is 358 g/mol. The molecule has 0 saturated carbocycles. The molecule has 3 aromatic rings. The van der Waals surface area contributed by atoms with Crippen LogP contribution in [0.2, 0.25) is 0 Å². The molecule has 24 heavy (non-hydrogen) atoms. The molecule has 4 nitrogen and oxygen atoms in total. The van der Waals surface area contributed by atoms with E-state index >= 15 is 0 Å². The van der Waals surface area contributed by atoms with Crippen molar-refractivity contribution in [2.75, 3.05) is 5.75 Å². The van der Waals surface area contributed by atoms with Gasteiger partial charge in [-0.05, 0) is 31.9 Å². The zero-order valence-corrected chi connectivity index (χ0v) is 15.6. The van der Waals surface area contributed by atoms with Gasteiger partial charge < -0.3 is 0 Å². The van der Waals surface area contributed by atoms with Gasteiger partial charge in [-0.25, -0.2) is 4.98 Å². The van der Waals surface area contributed by atoms with Crippen LogP contribution in [0.3, 0.4) is 0 Å². The predicted molar refractivity (Wildman–Crippen MR) is 100 cm³/mol. The van der Waals surface area contributed by atoms with Crippen LogP contribution in [0, 0.1) is 13.8 Å². The molecule has 3 rings (SSSR count). The summed E-state index contributed by atoms with van der Waals surface area (Å²) in [5.41, 5.74) is 3.11. The molecule has 2 heterocycles. The molecule has 124 valence electrons. The molecule has 0 spiro atoms. The number of H-pyrrole nitrogens is 1. The number of aryl methyl sites for hydroxylation is 3. The third kappa shape index (κ3) is 3.76. The van der Waals surface area contributed by atoms with Crippen LogP contribution >= 0.6 is 23.1 Å². The van der Waals surface area contributed by atoms with Crippen molar-refractivity contribution < 1.29 is 4.79 Å². The number of hydrogen-bond donors (Lipinski definition) is 1. The van der Waals surface area contributed by atoms with E-state index in [1.807, 2.05) is 32.0 Å². The first-order valence-corrected chi connectivity index (χ1v) is 9.61. The Bertz CT molecular complexity index is 850. The number of Topliss-reactive ketones (excluding diaryl/α,β-unsaturated/α-hetero) is 1. The fourth-order valence-electron chi connectivity index (χ4n) is 2.45. The van der Waals surface area contributed by atoms with Gasteiger partial charge in [-0.3, -0.25) is 9.89 Å². The fraction of sp³-hybridized carbons (Fsp3) is 0.278. The highest BCUT2D eigenvalue weighted by Crippen LogP contribution is 2.24. The van der Waals surface area contributed by atoms with Gasteiger partial charge in [0.15, 0.2) is 11.6 Å². The third-order valence-corrected chi connectivity index (χ3v) is 5.59. The normalized spacial score (nSPS) is 11.0. The lowest BCUT2D eigenvalue weighted by Crippen LogP contribution is -2.02. The highest BCUT2D eigenvalue weighted by Gasteiger charge is 2.14. The molecule has 0 unspecified atom stereocenters. The van der Waals surface area contributed by atoms with E-state index in [1.54, 1.807) is 11.3 Å². The zero-order valence-electron chi connectivity index (χ0n) is 13.9. The maximum absolute atomic E-state index is 12.3. The minimum Gasteiger partial charge on any atom is -0.293 e. The molecular formula is C18H19N3OS2. The van der Waals surface area contributed by atoms with Crippen molar-refractivity contribution in [3.05, 3.63) is 51.2 Å². The van der Waals surface area contributed by atoms with Crippen molar-refractivity contribution in [2.24, 2.45) is 0 Å². The Hall–Kier alpha value is -1.92. The number of ketones is 1. The highest BCUT2D eigenvalue weighted by atomic mass is 32.2. The maximum Gasteiger partial charge on any atom is 0.209 e. The lowest BCUT2D eigenvalue weighted by molar-refractivity contribution is 0.102. The van der Waals surface area contributed by atoms with Crippen molar-refractivity contribution in [2.45, 2.75) is 32.3 Å². The molecule has 0 radical (unpaired) electrons. The molecule has 0 aliphatic rings. The quantitative estimate of drug-likeness (QED) is 0.514. The molecule has 0 fully saturated rings. The molecule has 0 saturated heterocycles. The van der Waals surface area contributed by atoms with E-state index in [0.717, 1.165) is 33.1 Å². The number of rotatable bonds is 6. The largest absolute Gasteiger partial charge is 0.293 e. The maximum atomic E-state index is 12.3. The van der Waals surface area contributed by atoms with E-state index in [2.05, 4.69) is 34.2 Å². The monoisotopic (exact) mass is 357 g/mol. The van der Waals surface area contributed by atoms with Crippen molar-refractivity contribution in [3.8, 4) is 11.4 Å². The SMILES string of the molecule is CCc1ccc(-c2nc(SCC(=O)c3cc(C)sc3C)n[nH]2)cc1. The molecule has 0 bridgehead atoms. The van der Waals surface area contributed by atoms with Crippen LogP contribution in [0.5, 0.6) is 0 Å². The molecule has 0 aliphatic carbocycles. The van der Waals surface area contributed by atoms with Crippen LogP contribution in [0.4, 0.5) is 0 Å². The van der Waals surface area contributed by atoms with Gasteiger partial charge in [0.25, 0.3) is 0 Å². The minimum atomic E-state index is 0.125. The molecule has 0 amide bonds. The lowest BCUT2D eigenvalue weighted by atomic mass is 10.1. The van der Waals surface area contributed by atoms with Crippen molar-refractivity contribution in [3.63, 3.8) is 0 Å². The Morgan fingerprint density at radius 3 is 2.62 bits per heavy atom. The van der Waals surface area contributed by atoms with Gasteiger partial charge >= 0.3 is 0 Å². The van der Waals surface area contributed by atoms with E-state index in [-0.39, 0.29) is 5.78 Å². The van der Waals surface area contributed by atoms with E-state index in [1.165, 1.54) is 17.3 Å². The number of hydrogen-bond acceptors (Lipinski definition) is 5. The van der Waals surface area contributed by atoms with Crippen LogP contribution in [-0.2, 0) is 6.42 Å². The average Bonchev–Trinajstić information content (AvgIpc) is 3.19. The van der Waals surface area contributed by atoms with Crippen LogP contribution in [0.15, 0.2) is 35.5 Å². The zero-order chi connectivity index (χ0) is 17.1. The van der Waals surface area contributed by atoms with Gasteiger partial charge in [-0.15, -0.1) is 16.4 Å². The summed E-state index contributed by atoms with van der Waals surface area (Å²) in [6, 6.07) is 10.2. The second-order valence-corrected chi connectivity index (χ2v) is 7.96. The number of thiophene rings is 1. The Morgan fingerprint density at radius 1 is 1.25 bits per heavy atom. The number of nitrogens with zero attached hydrogens (tertiary/aromatic N) is 2. The second kappa shape index (κ2) is 7.32. The van der Waals surface area contributed by atoms with Crippen LogP contribution in [0.25, 0.3) is 11.4 Å². The smallest absolute Gasteiger partial charge is 0.209 e. The van der Waals surface area contributed by atoms with Gasteiger partial charge in [0, 0.05) is 20.9 Å². The van der Waals surface area contributed by atoms with Crippen LogP contribution in [-0.4, -0.2) is 26.7 Å². The molecule has 6 heteroatoms. The van der Waals surface area contributed by atoms with Gasteiger partial charge in [0.1, 0.15) is 0 Å². The van der Waals surface area contributed by atoms with Crippen molar-refractivity contribution >= 4 is 28.9 Å². The fourth-order valence-corrected chi connectivity index (χ4v) is 4.08. The van der Waals surface area contributed by atoms with E-state index in [9.17, 15) is 4.79 Å². The third-order valence-electron chi connectivity index (χ3n) is 3.77. The standard InChI is InChI=1S/C18H19N3OS2/c1-4-13-5-7-14(8-6-13)17-19-18(21-20-17)23-10-16(22)15-9-11(2)24-12(15)3/h5-9H,4,10H2,1-3H3,(H,19,20,21). The number of carbonyl (C=O) groups excluding carboxylic acids is 1. The molecular weight excluding hydrogens is 338 g/mol. The lowest BCUT2D eigenvalue weighted by Gasteiger charge is -1.98. The van der Waals surface area contributed by atoms with E-state index < -0.39 is 0 Å². The first-order chi connectivity index (χ1) is 11.6. The number of aromatic amines is 1. The Balaban J connectivity index is 1.65. The summed E-state index contributed by atoms with van der Waals surface area (Å²) in [5, 5.41) is 7.75. The van der Waals surface area contributed by atoms with Gasteiger partial charge in [-0.1, -0.05) is 43.0 Å². The minimum absolute atomic E-state index is 0.125. The number of thioether (sulfide) groups is 1. The van der Waals surface area contributed by atoms with Crippen LogP contribution < -0.4 is 0 Å². The Labute approximate surface area is 149 Å². The summed E-state index contributed by atoms with van der Waals surface area (Å²) < 4.78 is 0. The van der Waals surface area contributed by atoms with Crippen LogP contribution in [0.1, 0.15) is 32.6 Å². The first-order valence-electron chi connectivity index (χ1n) is 7.81. The summed E-state index contributed by atoms with van der Waals surface area (Å²) in [4.78, 5) is 19.0. The Morgan fingerprint density at radius 2 is 2.00 bits per heavy atom. The molecule has 1 N–H and O–H groups in total. The molecule has 0 aliphatic heterocycles. The van der Waals surface area contributed by atoms with Gasteiger partial charge in [0.2, 0.25) is 5.16 Å². The molecule has 2 aromatic heterocycles. The van der Waals surface area contributed by atoms with Crippen molar-refractivity contribution in [1.29, 1.82) is 0 Å². The number of aromatic nitrogens is 3. The number of carbonyl (C=O) groups is 1.